The van der Waals surface area contributed by atoms with Crippen LogP contribution >= 0.6 is 0 Å². The zero-order valence-electron chi connectivity index (χ0n) is 9.39. The molecular formula is C10H15NO4S. The standard InChI is InChI=1S/C10H15NO4S/c1-10(2,3)15-9-6-7(16(11,13)14)4-5-8(9)12/h4-6,12H,1-3H3,(H2,11,13,14). The van der Waals surface area contributed by atoms with E-state index in [0.29, 0.717) is 0 Å². The Morgan fingerprint density at radius 3 is 2.31 bits per heavy atom. The largest absolute Gasteiger partial charge is 0.504 e. The van der Waals surface area contributed by atoms with E-state index in [2.05, 4.69) is 0 Å². The molecule has 1 aromatic carbocycles. The van der Waals surface area contributed by atoms with E-state index in [-0.39, 0.29) is 16.4 Å². The summed E-state index contributed by atoms with van der Waals surface area (Å²) in [4.78, 5) is -0.0930. The first kappa shape index (κ1) is 12.8. The van der Waals surface area contributed by atoms with E-state index in [1.165, 1.54) is 18.2 Å². The number of hydrogen-bond donors (Lipinski definition) is 2. The van der Waals surface area contributed by atoms with Crippen LogP contribution in [-0.4, -0.2) is 19.1 Å². The van der Waals surface area contributed by atoms with Crippen LogP contribution in [0, 0.1) is 0 Å². The summed E-state index contributed by atoms with van der Waals surface area (Å²) in [5.41, 5.74) is -0.533. The fourth-order valence-corrected chi connectivity index (χ4v) is 1.61. The molecule has 0 bridgehead atoms. The summed E-state index contributed by atoms with van der Waals surface area (Å²) in [6, 6.07) is 3.66. The van der Waals surface area contributed by atoms with Crippen LogP contribution in [0.15, 0.2) is 23.1 Å². The Kier molecular flexibility index (Phi) is 3.16. The zero-order chi connectivity index (χ0) is 12.6. The van der Waals surface area contributed by atoms with E-state index in [9.17, 15) is 13.5 Å². The molecule has 16 heavy (non-hydrogen) atoms. The number of benzene rings is 1. The zero-order valence-corrected chi connectivity index (χ0v) is 10.2. The number of hydrogen-bond acceptors (Lipinski definition) is 4. The molecule has 0 saturated heterocycles. The monoisotopic (exact) mass is 245 g/mol. The van der Waals surface area contributed by atoms with Crippen LogP contribution < -0.4 is 9.88 Å². The molecule has 0 aliphatic heterocycles. The molecule has 0 unspecified atom stereocenters. The van der Waals surface area contributed by atoms with E-state index < -0.39 is 15.6 Å². The molecule has 1 aromatic rings. The molecule has 5 nitrogen and oxygen atoms in total. The number of nitrogens with two attached hydrogens (primary N) is 1. The van der Waals surface area contributed by atoms with Crippen molar-refractivity contribution in [3.8, 4) is 11.5 Å². The molecular weight excluding hydrogens is 230 g/mol. The van der Waals surface area contributed by atoms with Crippen molar-refractivity contribution in [2.75, 3.05) is 0 Å². The van der Waals surface area contributed by atoms with Gasteiger partial charge in [0.25, 0.3) is 0 Å². The average molecular weight is 245 g/mol. The van der Waals surface area contributed by atoms with Crippen LogP contribution in [0.1, 0.15) is 20.8 Å². The van der Waals surface area contributed by atoms with Crippen LogP contribution in [0.5, 0.6) is 11.5 Å². The van der Waals surface area contributed by atoms with E-state index in [1.807, 2.05) is 0 Å². The second-order valence-electron chi connectivity index (χ2n) is 4.39. The number of phenols is 1. The lowest BCUT2D eigenvalue weighted by Gasteiger charge is -2.22. The molecule has 0 aliphatic carbocycles. The molecule has 0 fully saturated rings. The van der Waals surface area contributed by atoms with Crippen LogP contribution in [0.2, 0.25) is 0 Å². The summed E-state index contributed by atoms with van der Waals surface area (Å²) >= 11 is 0. The van der Waals surface area contributed by atoms with Crippen molar-refractivity contribution in [1.82, 2.24) is 0 Å². The molecule has 0 aliphatic rings. The van der Waals surface area contributed by atoms with Crippen molar-refractivity contribution in [2.24, 2.45) is 5.14 Å². The van der Waals surface area contributed by atoms with Crippen molar-refractivity contribution in [1.29, 1.82) is 0 Å². The van der Waals surface area contributed by atoms with E-state index in [4.69, 9.17) is 9.88 Å². The van der Waals surface area contributed by atoms with Crippen molar-refractivity contribution in [3.63, 3.8) is 0 Å². The Hall–Kier alpha value is -1.27. The fourth-order valence-electron chi connectivity index (χ4n) is 1.08. The number of sulfonamides is 1. The summed E-state index contributed by atoms with van der Waals surface area (Å²) in [5, 5.41) is 14.5. The van der Waals surface area contributed by atoms with Gasteiger partial charge in [0.1, 0.15) is 5.60 Å². The quantitative estimate of drug-likeness (QED) is 0.819. The van der Waals surface area contributed by atoms with Gasteiger partial charge in [-0.05, 0) is 32.9 Å². The highest BCUT2D eigenvalue weighted by molar-refractivity contribution is 7.89. The Bertz CT molecular complexity index is 488. The number of phenolic OH excluding ortho intramolecular Hbond substituents is 1. The van der Waals surface area contributed by atoms with Crippen molar-refractivity contribution in [3.05, 3.63) is 18.2 Å². The van der Waals surface area contributed by atoms with E-state index >= 15 is 0 Å². The Labute approximate surface area is 94.9 Å². The first-order valence-electron chi connectivity index (χ1n) is 4.64. The average Bonchev–Trinajstić information content (AvgIpc) is 2.04. The lowest BCUT2D eigenvalue weighted by molar-refractivity contribution is 0.125. The molecule has 0 amide bonds. The number of primary sulfonamides is 1. The highest BCUT2D eigenvalue weighted by Gasteiger charge is 2.17. The summed E-state index contributed by atoms with van der Waals surface area (Å²) in [6.45, 7) is 5.36. The van der Waals surface area contributed by atoms with Gasteiger partial charge in [-0.25, -0.2) is 13.6 Å². The highest BCUT2D eigenvalue weighted by Crippen LogP contribution is 2.31. The first-order valence-corrected chi connectivity index (χ1v) is 6.19. The van der Waals surface area contributed by atoms with Crippen LogP contribution in [0.3, 0.4) is 0 Å². The molecule has 0 saturated carbocycles. The van der Waals surface area contributed by atoms with Crippen LogP contribution in [0.4, 0.5) is 0 Å². The minimum atomic E-state index is -3.79. The van der Waals surface area contributed by atoms with Gasteiger partial charge in [0, 0.05) is 6.07 Å². The predicted molar refractivity (Wildman–Crippen MR) is 59.9 cm³/mol. The molecule has 0 aromatic heterocycles. The SMILES string of the molecule is CC(C)(C)Oc1cc(S(N)(=O)=O)ccc1O. The highest BCUT2D eigenvalue weighted by atomic mass is 32.2. The van der Waals surface area contributed by atoms with Gasteiger partial charge in [-0.1, -0.05) is 0 Å². The van der Waals surface area contributed by atoms with Gasteiger partial charge in [-0.15, -0.1) is 0 Å². The maximum absolute atomic E-state index is 11.1. The van der Waals surface area contributed by atoms with Gasteiger partial charge in [-0.2, -0.15) is 0 Å². The Balaban J connectivity index is 3.20. The molecule has 3 N–H and O–H groups in total. The number of rotatable bonds is 2. The fraction of sp³-hybridized carbons (Fsp3) is 0.400. The first-order chi connectivity index (χ1) is 7.09. The minimum absolute atomic E-state index is 0.0930. The molecule has 6 heteroatoms. The molecule has 0 atom stereocenters. The second kappa shape index (κ2) is 3.95. The van der Waals surface area contributed by atoms with Gasteiger partial charge in [0.15, 0.2) is 11.5 Å². The molecule has 1 rings (SSSR count). The summed E-state index contributed by atoms with van der Waals surface area (Å²) in [5.74, 6) is -0.0265. The normalized spacial score (nSPS) is 12.5. The maximum Gasteiger partial charge on any atom is 0.238 e. The van der Waals surface area contributed by atoms with E-state index in [1.54, 1.807) is 20.8 Å². The third-order valence-corrected chi connectivity index (χ3v) is 2.59. The van der Waals surface area contributed by atoms with Gasteiger partial charge in [-0.3, -0.25) is 0 Å². The molecule has 0 heterocycles. The van der Waals surface area contributed by atoms with Gasteiger partial charge < -0.3 is 9.84 Å². The summed E-state index contributed by atoms with van der Waals surface area (Å²) < 4.78 is 27.6. The predicted octanol–water partition coefficient (Wildman–Crippen LogP) is 1.22. The van der Waals surface area contributed by atoms with Gasteiger partial charge in [0.2, 0.25) is 10.0 Å². The van der Waals surface area contributed by atoms with Crippen molar-refractivity contribution >= 4 is 10.0 Å². The van der Waals surface area contributed by atoms with Crippen molar-refractivity contribution < 1.29 is 18.3 Å². The molecule has 0 spiro atoms. The molecule has 90 valence electrons. The Morgan fingerprint density at radius 2 is 1.88 bits per heavy atom. The third kappa shape index (κ3) is 3.39. The summed E-state index contributed by atoms with van der Waals surface area (Å²) in [6.07, 6.45) is 0. The van der Waals surface area contributed by atoms with Gasteiger partial charge in [0.05, 0.1) is 4.90 Å². The smallest absolute Gasteiger partial charge is 0.238 e. The number of ether oxygens (including phenoxy) is 1. The number of aromatic hydroxyl groups is 1. The third-order valence-electron chi connectivity index (χ3n) is 1.68. The lowest BCUT2D eigenvalue weighted by atomic mass is 10.2. The Morgan fingerprint density at radius 1 is 1.31 bits per heavy atom. The summed E-state index contributed by atoms with van der Waals surface area (Å²) in [7, 11) is -3.79. The van der Waals surface area contributed by atoms with Crippen LogP contribution in [0.25, 0.3) is 0 Å². The van der Waals surface area contributed by atoms with Gasteiger partial charge >= 0.3 is 0 Å². The van der Waals surface area contributed by atoms with Crippen LogP contribution in [-0.2, 0) is 10.0 Å². The van der Waals surface area contributed by atoms with E-state index in [0.717, 1.165) is 0 Å². The second-order valence-corrected chi connectivity index (χ2v) is 5.95. The maximum atomic E-state index is 11.1. The topological polar surface area (TPSA) is 89.6 Å². The minimum Gasteiger partial charge on any atom is -0.504 e. The lowest BCUT2D eigenvalue weighted by Crippen LogP contribution is -2.23. The molecule has 0 radical (unpaired) electrons. The van der Waals surface area contributed by atoms with Crippen molar-refractivity contribution in [2.45, 2.75) is 31.3 Å².